The van der Waals surface area contributed by atoms with Crippen LogP contribution in [0.2, 0.25) is 0 Å². The molecule has 4 rings (SSSR count). The van der Waals surface area contributed by atoms with Crippen molar-refractivity contribution in [1.82, 2.24) is 14.6 Å². The van der Waals surface area contributed by atoms with Crippen LogP contribution in [0, 0.1) is 5.82 Å². The fourth-order valence-corrected chi connectivity index (χ4v) is 3.81. The molecule has 0 radical (unpaired) electrons. The molecular formula is C21H22FN7O3. The van der Waals surface area contributed by atoms with Crippen LogP contribution in [-0.4, -0.2) is 39.3 Å². The summed E-state index contributed by atoms with van der Waals surface area (Å²) < 4.78 is 27.0. The molecular weight excluding hydrogens is 417 g/mol. The lowest BCUT2D eigenvalue weighted by molar-refractivity contribution is 0.0528. The van der Waals surface area contributed by atoms with E-state index in [9.17, 15) is 9.18 Å². The number of rotatable bonds is 7. The van der Waals surface area contributed by atoms with Crippen LogP contribution in [0.15, 0.2) is 35.7 Å². The van der Waals surface area contributed by atoms with Crippen molar-refractivity contribution in [3.8, 4) is 5.75 Å². The van der Waals surface area contributed by atoms with Gasteiger partial charge >= 0.3 is 5.97 Å². The normalized spacial score (nSPS) is 17.9. The molecule has 0 amide bonds. The molecule has 1 unspecified atom stereocenters. The largest absolute Gasteiger partial charge is 0.486 e. The quantitative estimate of drug-likeness (QED) is 0.254. The summed E-state index contributed by atoms with van der Waals surface area (Å²) in [5, 5.41) is 11.0. The van der Waals surface area contributed by atoms with Gasteiger partial charge < -0.3 is 14.8 Å². The molecule has 2 aromatic heterocycles. The van der Waals surface area contributed by atoms with Crippen molar-refractivity contribution in [3.05, 3.63) is 63.5 Å². The molecule has 0 aliphatic carbocycles. The number of carbonyl (C=O) groups is 1. The Bertz CT molecular complexity index is 1240. The predicted molar refractivity (Wildman–Crippen MR) is 114 cm³/mol. The van der Waals surface area contributed by atoms with Crippen LogP contribution in [0.3, 0.4) is 0 Å². The second-order valence-electron chi connectivity index (χ2n) is 7.83. The number of hydrogen-bond donors (Lipinski definition) is 1. The van der Waals surface area contributed by atoms with Crippen molar-refractivity contribution in [1.29, 1.82) is 0 Å². The van der Waals surface area contributed by atoms with Crippen LogP contribution in [0.5, 0.6) is 5.75 Å². The molecule has 3 heterocycles. The minimum atomic E-state index is -0.736. The van der Waals surface area contributed by atoms with Crippen molar-refractivity contribution < 1.29 is 18.7 Å². The van der Waals surface area contributed by atoms with Gasteiger partial charge in [-0.2, -0.15) is 5.10 Å². The molecule has 1 aliphatic rings. The standard InChI is InChI=1S/C21H22FN7O3/c1-4-31-20(30)16-10-25-29-6-5-17(27-19(16)29)26-12(2)15-8-14(22)7-13-9-21(3,11-24-28-23)32-18(13)15/h5-8,10,12H,4,9,11H2,1-3H3,(H,26,27)/t12-,21?/m1/s1. The van der Waals surface area contributed by atoms with E-state index in [4.69, 9.17) is 15.0 Å². The molecule has 1 aliphatic heterocycles. The number of anilines is 1. The third-order valence-corrected chi connectivity index (χ3v) is 5.24. The van der Waals surface area contributed by atoms with Crippen molar-refractivity contribution >= 4 is 17.4 Å². The van der Waals surface area contributed by atoms with Crippen LogP contribution < -0.4 is 10.1 Å². The molecule has 0 saturated carbocycles. The second kappa shape index (κ2) is 8.35. The highest BCUT2D eigenvalue weighted by Gasteiger charge is 2.37. The molecule has 11 heteroatoms. The Hall–Kier alpha value is -3.85. The average Bonchev–Trinajstić information content (AvgIpc) is 3.32. The number of esters is 1. The van der Waals surface area contributed by atoms with Gasteiger partial charge in [-0.3, -0.25) is 0 Å². The maximum absolute atomic E-state index is 14.4. The van der Waals surface area contributed by atoms with E-state index in [-0.39, 0.29) is 30.6 Å². The van der Waals surface area contributed by atoms with E-state index < -0.39 is 11.6 Å². The Morgan fingerprint density at radius 1 is 1.53 bits per heavy atom. The van der Waals surface area contributed by atoms with E-state index in [1.807, 2.05) is 13.8 Å². The van der Waals surface area contributed by atoms with Crippen LogP contribution in [-0.2, 0) is 11.2 Å². The monoisotopic (exact) mass is 439 g/mol. The summed E-state index contributed by atoms with van der Waals surface area (Å²) in [6, 6.07) is 4.19. The zero-order valence-corrected chi connectivity index (χ0v) is 17.9. The van der Waals surface area contributed by atoms with E-state index in [1.54, 1.807) is 19.2 Å². The van der Waals surface area contributed by atoms with Crippen molar-refractivity contribution in [2.45, 2.75) is 38.8 Å². The lowest BCUT2D eigenvalue weighted by atomic mass is 9.97. The first-order chi connectivity index (χ1) is 15.3. The van der Waals surface area contributed by atoms with Gasteiger partial charge in [0.25, 0.3) is 0 Å². The number of benzene rings is 1. The van der Waals surface area contributed by atoms with Crippen molar-refractivity contribution in [2.24, 2.45) is 5.11 Å². The maximum atomic E-state index is 14.4. The van der Waals surface area contributed by atoms with Gasteiger partial charge in [-0.05, 0) is 44.5 Å². The summed E-state index contributed by atoms with van der Waals surface area (Å²) in [5.41, 5.74) is 9.85. The molecule has 10 nitrogen and oxygen atoms in total. The topological polar surface area (TPSA) is 127 Å². The molecule has 1 N–H and O–H groups in total. The highest BCUT2D eigenvalue weighted by molar-refractivity contribution is 5.95. The van der Waals surface area contributed by atoms with Gasteiger partial charge in [0.05, 0.1) is 25.4 Å². The summed E-state index contributed by atoms with van der Waals surface area (Å²) in [6.45, 7) is 5.79. The van der Waals surface area contributed by atoms with Gasteiger partial charge in [0.1, 0.15) is 28.5 Å². The number of azide groups is 1. The Kier molecular flexibility index (Phi) is 5.58. The molecule has 1 aromatic carbocycles. The summed E-state index contributed by atoms with van der Waals surface area (Å²) >= 11 is 0. The number of halogens is 1. The van der Waals surface area contributed by atoms with Gasteiger partial charge in [0.2, 0.25) is 0 Å². The summed E-state index contributed by atoms with van der Waals surface area (Å²) in [5.74, 6) is 0.160. The SMILES string of the molecule is CCOC(=O)c1cnn2ccc(N[C@H](C)c3cc(F)cc4c3OC(C)(CN=[N+]=[N-])C4)nc12. The van der Waals surface area contributed by atoms with E-state index in [0.29, 0.717) is 34.8 Å². The molecule has 3 aromatic rings. The van der Waals surface area contributed by atoms with Crippen LogP contribution in [0.4, 0.5) is 10.2 Å². The lowest BCUT2D eigenvalue weighted by Gasteiger charge is -2.23. The first-order valence-corrected chi connectivity index (χ1v) is 10.1. The smallest absolute Gasteiger partial charge is 0.343 e. The maximum Gasteiger partial charge on any atom is 0.343 e. The van der Waals surface area contributed by atoms with Gasteiger partial charge in [-0.1, -0.05) is 5.11 Å². The van der Waals surface area contributed by atoms with Gasteiger partial charge in [0.15, 0.2) is 5.65 Å². The van der Waals surface area contributed by atoms with Gasteiger partial charge in [0, 0.05) is 28.7 Å². The number of hydrogen-bond acceptors (Lipinski definition) is 7. The zero-order valence-electron chi connectivity index (χ0n) is 17.9. The van der Waals surface area contributed by atoms with E-state index in [2.05, 4.69) is 25.4 Å². The minimum Gasteiger partial charge on any atom is -0.486 e. The fraction of sp³-hybridized carbons (Fsp3) is 0.381. The Morgan fingerprint density at radius 2 is 2.34 bits per heavy atom. The second-order valence-corrected chi connectivity index (χ2v) is 7.83. The number of aromatic nitrogens is 3. The van der Waals surface area contributed by atoms with E-state index in [1.165, 1.54) is 22.8 Å². The molecule has 32 heavy (non-hydrogen) atoms. The average molecular weight is 439 g/mol. The highest BCUT2D eigenvalue weighted by atomic mass is 19.1. The van der Waals surface area contributed by atoms with Crippen molar-refractivity contribution in [3.63, 3.8) is 0 Å². The first kappa shape index (κ1) is 21.4. The van der Waals surface area contributed by atoms with Gasteiger partial charge in [-0.15, -0.1) is 0 Å². The van der Waals surface area contributed by atoms with Crippen molar-refractivity contribution in [2.75, 3.05) is 18.5 Å². The van der Waals surface area contributed by atoms with Crippen LogP contribution in [0.25, 0.3) is 16.1 Å². The number of fused-ring (bicyclic) bond motifs is 2. The van der Waals surface area contributed by atoms with Gasteiger partial charge in [-0.25, -0.2) is 18.7 Å². The highest BCUT2D eigenvalue weighted by Crippen LogP contribution is 2.41. The van der Waals surface area contributed by atoms with E-state index in [0.717, 1.165) is 0 Å². The number of ether oxygens (including phenoxy) is 2. The zero-order chi connectivity index (χ0) is 22.9. The van der Waals surface area contributed by atoms with Crippen LogP contribution >= 0.6 is 0 Å². The Balaban J connectivity index is 1.62. The molecule has 0 spiro atoms. The number of nitrogens with one attached hydrogen (secondary N) is 1. The number of carbonyl (C=O) groups excluding carboxylic acids is 1. The molecule has 166 valence electrons. The molecule has 0 fully saturated rings. The molecule has 0 bridgehead atoms. The first-order valence-electron chi connectivity index (χ1n) is 10.1. The minimum absolute atomic E-state index is 0.136. The fourth-order valence-electron chi connectivity index (χ4n) is 3.81. The Labute approximate surface area is 183 Å². The third-order valence-electron chi connectivity index (χ3n) is 5.24. The summed E-state index contributed by atoms with van der Waals surface area (Å²) in [7, 11) is 0. The summed E-state index contributed by atoms with van der Waals surface area (Å²) in [6.07, 6.45) is 3.51. The lowest BCUT2D eigenvalue weighted by Crippen LogP contribution is -2.33. The molecule has 0 saturated heterocycles. The Morgan fingerprint density at radius 3 is 3.09 bits per heavy atom. The third kappa shape index (κ3) is 4.02. The predicted octanol–water partition coefficient (Wildman–Crippen LogP) is 4.22. The number of nitrogens with zero attached hydrogens (tertiary/aromatic N) is 6. The van der Waals surface area contributed by atoms with E-state index >= 15 is 0 Å². The summed E-state index contributed by atoms with van der Waals surface area (Å²) in [4.78, 5) is 19.4. The van der Waals surface area contributed by atoms with Crippen LogP contribution in [0.1, 0.15) is 48.3 Å². The molecule has 2 atom stereocenters.